The molecule has 0 spiro atoms. The Bertz CT molecular complexity index is 1680. The molecule has 2 aliphatic heterocycles. The van der Waals surface area contributed by atoms with Crippen molar-refractivity contribution in [2.24, 2.45) is 5.73 Å². The van der Waals surface area contributed by atoms with Crippen LogP contribution < -0.4 is 15.8 Å². The van der Waals surface area contributed by atoms with Crippen molar-refractivity contribution in [2.75, 3.05) is 51.3 Å². The van der Waals surface area contributed by atoms with Crippen LogP contribution in [0.3, 0.4) is 0 Å². The highest BCUT2D eigenvalue weighted by Gasteiger charge is 2.29. The highest BCUT2D eigenvalue weighted by atomic mass is 35.5. The Morgan fingerprint density at radius 1 is 0.959 bits per heavy atom. The Kier molecular flexibility index (Phi) is 13.3. The molecule has 0 radical (unpaired) electrons. The molecule has 5 rings (SSSR count). The summed E-state index contributed by atoms with van der Waals surface area (Å²) in [6, 6.07) is 15.0. The van der Waals surface area contributed by atoms with Crippen molar-refractivity contribution < 1.29 is 36.3 Å². The Hall–Kier alpha value is -3.82. The number of morpholine rings is 1. The zero-order valence-corrected chi connectivity index (χ0v) is 28.9. The second-order valence-corrected chi connectivity index (χ2v) is 13.8. The van der Waals surface area contributed by atoms with Crippen molar-refractivity contribution in [2.45, 2.75) is 50.1 Å². The number of primary amides is 1. The third kappa shape index (κ3) is 9.67. The first kappa shape index (κ1) is 38.0. The summed E-state index contributed by atoms with van der Waals surface area (Å²) < 4.78 is 66.8. The van der Waals surface area contributed by atoms with Gasteiger partial charge in [0.15, 0.2) is 0 Å². The molecule has 3 aromatic rings. The number of unbranched alkanes of at least 4 members (excludes halogenated alkanes) is 1. The molecule has 0 bridgehead atoms. The third-order valence-corrected chi connectivity index (χ3v) is 10.5. The van der Waals surface area contributed by atoms with Gasteiger partial charge >= 0.3 is 6.03 Å². The smallest absolute Gasteiger partial charge is 0.322 e. The van der Waals surface area contributed by atoms with Crippen LogP contribution in [0.2, 0.25) is 0 Å². The second kappa shape index (κ2) is 17.2. The van der Waals surface area contributed by atoms with Gasteiger partial charge in [-0.3, -0.25) is 9.69 Å². The fraction of sp³-hybridized carbons (Fsp3) is 0.412. The molecule has 266 valence electrons. The van der Waals surface area contributed by atoms with Crippen molar-refractivity contribution in [3.05, 3.63) is 83.4 Å². The van der Waals surface area contributed by atoms with Crippen LogP contribution in [0.15, 0.2) is 65.6 Å². The Labute approximate surface area is 291 Å². The van der Waals surface area contributed by atoms with Gasteiger partial charge in [0.05, 0.1) is 29.4 Å². The van der Waals surface area contributed by atoms with E-state index in [9.17, 15) is 26.8 Å². The van der Waals surface area contributed by atoms with Gasteiger partial charge in [0, 0.05) is 51.4 Å². The molecule has 0 saturated carbocycles. The van der Waals surface area contributed by atoms with E-state index >= 15 is 0 Å². The number of ether oxygens (including phenoxy) is 2. The summed E-state index contributed by atoms with van der Waals surface area (Å²) in [5.41, 5.74) is 5.49. The molecular formula is C34H42ClF2N5O6S. The summed E-state index contributed by atoms with van der Waals surface area (Å²) in [6.45, 7) is 6.14. The van der Waals surface area contributed by atoms with E-state index in [1.165, 1.54) is 4.31 Å². The van der Waals surface area contributed by atoms with Crippen molar-refractivity contribution in [3.8, 4) is 11.5 Å². The standard InChI is InChI=1S/C34H41F2N5O6S.ClH/c1-2-3-14-41(34(43)38-32-21-29(33(37)42)30(35)22-31(32)36)25-12-15-39(16-13-25)23-24-4-6-26(7-5-24)47-27-8-10-28(11-9-27)48(44,45)40-17-19-46-20-18-40;/h4-11,21-22,25H,2-3,12-20,23H2,1H3,(H2,37,42)(H,38,43);1H. The van der Waals surface area contributed by atoms with Gasteiger partial charge < -0.3 is 25.4 Å². The maximum atomic E-state index is 14.5. The number of rotatable bonds is 12. The minimum atomic E-state index is -3.58. The van der Waals surface area contributed by atoms with Crippen LogP contribution in [0.5, 0.6) is 11.5 Å². The van der Waals surface area contributed by atoms with Crippen LogP contribution in [0.4, 0.5) is 19.3 Å². The molecule has 15 heteroatoms. The maximum absolute atomic E-state index is 14.5. The lowest BCUT2D eigenvalue weighted by Crippen LogP contribution is -2.49. The topological polar surface area (TPSA) is 135 Å². The second-order valence-electron chi connectivity index (χ2n) is 11.9. The molecule has 49 heavy (non-hydrogen) atoms. The normalized spacial score (nSPS) is 16.1. The molecule has 0 aliphatic carbocycles. The summed E-state index contributed by atoms with van der Waals surface area (Å²) in [4.78, 5) is 29.0. The fourth-order valence-corrected chi connectivity index (χ4v) is 7.27. The van der Waals surface area contributed by atoms with Crippen LogP contribution in [-0.2, 0) is 21.3 Å². The Morgan fingerprint density at radius 2 is 1.57 bits per heavy atom. The predicted molar refractivity (Wildman–Crippen MR) is 184 cm³/mol. The van der Waals surface area contributed by atoms with Crippen LogP contribution in [0, 0.1) is 11.6 Å². The average Bonchev–Trinajstić information content (AvgIpc) is 3.08. The van der Waals surface area contributed by atoms with Gasteiger partial charge in [-0.25, -0.2) is 22.0 Å². The first-order chi connectivity index (χ1) is 23.0. The van der Waals surface area contributed by atoms with Gasteiger partial charge in [-0.15, -0.1) is 12.4 Å². The fourth-order valence-electron chi connectivity index (χ4n) is 5.86. The molecule has 11 nitrogen and oxygen atoms in total. The number of nitrogens with zero attached hydrogens (tertiary/aromatic N) is 3. The molecule has 2 fully saturated rings. The number of amides is 3. The van der Waals surface area contributed by atoms with Gasteiger partial charge in [-0.2, -0.15) is 4.31 Å². The highest BCUT2D eigenvalue weighted by Crippen LogP contribution is 2.27. The summed E-state index contributed by atoms with van der Waals surface area (Å²) >= 11 is 0. The van der Waals surface area contributed by atoms with E-state index in [-0.39, 0.29) is 29.0 Å². The molecular weight excluding hydrogens is 680 g/mol. The molecule has 0 aromatic heterocycles. The first-order valence-electron chi connectivity index (χ1n) is 16.1. The third-order valence-electron chi connectivity index (χ3n) is 8.57. The van der Waals surface area contributed by atoms with Gasteiger partial charge in [0.2, 0.25) is 10.0 Å². The first-order valence-corrected chi connectivity index (χ1v) is 17.5. The van der Waals surface area contributed by atoms with Crippen LogP contribution >= 0.6 is 12.4 Å². The van der Waals surface area contributed by atoms with Crippen LogP contribution in [0.1, 0.15) is 48.5 Å². The number of hydrogen-bond acceptors (Lipinski definition) is 7. The van der Waals surface area contributed by atoms with E-state index in [1.54, 1.807) is 29.2 Å². The van der Waals surface area contributed by atoms with Crippen molar-refractivity contribution in [3.63, 3.8) is 0 Å². The Balaban J connectivity index is 0.00000541. The van der Waals surface area contributed by atoms with Crippen molar-refractivity contribution in [1.29, 1.82) is 0 Å². The van der Waals surface area contributed by atoms with Crippen LogP contribution in [0.25, 0.3) is 0 Å². The summed E-state index contributed by atoms with van der Waals surface area (Å²) in [5.74, 6) is -1.97. The van der Waals surface area contributed by atoms with E-state index in [2.05, 4.69) is 10.2 Å². The van der Waals surface area contributed by atoms with E-state index < -0.39 is 39.2 Å². The van der Waals surface area contributed by atoms with Gasteiger partial charge in [-0.05, 0) is 67.3 Å². The molecule has 3 N–H and O–H groups in total. The SMILES string of the molecule is CCCCN(C(=O)Nc1cc(C(N)=O)c(F)cc1F)C1CCN(Cc2ccc(Oc3ccc(S(=O)(=O)N4CCOCC4)cc3)cc2)CC1.Cl. The zero-order valence-electron chi connectivity index (χ0n) is 27.3. The number of anilines is 1. The van der Waals surface area contributed by atoms with E-state index in [1.807, 2.05) is 31.2 Å². The lowest BCUT2D eigenvalue weighted by Gasteiger charge is -2.38. The summed E-state index contributed by atoms with van der Waals surface area (Å²) in [7, 11) is -3.58. The largest absolute Gasteiger partial charge is 0.457 e. The number of nitrogens with one attached hydrogen (secondary N) is 1. The lowest BCUT2D eigenvalue weighted by molar-refractivity contribution is 0.0730. The number of halogens is 3. The summed E-state index contributed by atoms with van der Waals surface area (Å²) in [6.07, 6.45) is 3.06. The number of piperidine rings is 1. The minimum Gasteiger partial charge on any atom is -0.457 e. The number of urea groups is 1. The van der Waals surface area contributed by atoms with Crippen molar-refractivity contribution in [1.82, 2.24) is 14.1 Å². The van der Waals surface area contributed by atoms with E-state index in [0.717, 1.165) is 37.6 Å². The number of likely N-dealkylation sites (tertiary alicyclic amines) is 1. The van der Waals surface area contributed by atoms with Gasteiger partial charge in [0.25, 0.3) is 5.91 Å². The molecule has 0 atom stereocenters. The monoisotopic (exact) mass is 721 g/mol. The summed E-state index contributed by atoms with van der Waals surface area (Å²) in [5, 5.41) is 2.51. The van der Waals surface area contributed by atoms with E-state index in [4.69, 9.17) is 15.2 Å². The maximum Gasteiger partial charge on any atom is 0.322 e. The molecule has 0 unspecified atom stereocenters. The average molecular weight is 722 g/mol. The number of carbonyl (C=O) groups is 2. The minimum absolute atomic E-state index is 0. The molecule has 2 aliphatic rings. The lowest BCUT2D eigenvalue weighted by atomic mass is 10.0. The zero-order chi connectivity index (χ0) is 34.3. The van der Waals surface area contributed by atoms with Gasteiger partial charge in [-0.1, -0.05) is 25.5 Å². The number of sulfonamides is 1. The van der Waals surface area contributed by atoms with Gasteiger partial charge in [0.1, 0.15) is 23.1 Å². The molecule has 3 amide bonds. The number of nitrogens with two attached hydrogens (primary N) is 1. The van der Waals surface area contributed by atoms with Crippen molar-refractivity contribution >= 4 is 40.1 Å². The van der Waals surface area contributed by atoms with Crippen LogP contribution in [-0.4, -0.2) is 86.4 Å². The predicted octanol–water partition coefficient (Wildman–Crippen LogP) is 5.60. The molecule has 3 aromatic carbocycles. The Morgan fingerprint density at radius 3 is 2.16 bits per heavy atom. The number of carbonyl (C=O) groups excluding carboxylic acids is 2. The number of hydrogen-bond donors (Lipinski definition) is 2. The molecule has 2 saturated heterocycles. The van der Waals surface area contributed by atoms with E-state index in [0.29, 0.717) is 69.8 Å². The highest BCUT2D eigenvalue weighted by molar-refractivity contribution is 7.89. The molecule has 2 heterocycles. The number of benzene rings is 3. The quantitative estimate of drug-likeness (QED) is 0.249.